The second-order valence-corrected chi connectivity index (χ2v) is 10.7. The third-order valence-electron chi connectivity index (χ3n) is 6.78. The summed E-state index contributed by atoms with van der Waals surface area (Å²) in [5.41, 5.74) is 4.82. The number of amides is 1. The van der Waals surface area contributed by atoms with E-state index < -0.39 is 6.29 Å². The van der Waals surface area contributed by atoms with Gasteiger partial charge in [0.15, 0.2) is 11.4 Å². The van der Waals surface area contributed by atoms with E-state index in [-0.39, 0.29) is 30.4 Å². The molecule has 3 heterocycles. The largest absolute Gasteiger partial charge is 0.392 e. The standard InChI is InChI=1S/C30H28N6O4S/c1-36-18-32-35-30(36)41-17-23-14-27(20-11-9-19(16-37)10-12-20)40-29(39-23)21-5-4-6-22(13-21)33-28(38)26-15-31-24-7-2-3-8-25(24)34-26/h2-13,15,18,23,27,29,37H,14,16-17H2,1H3,(H,33,38)/t23-,27+,29+/m0/s1. The Hall–Kier alpha value is -4.16. The molecule has 0 saturated carbocycles. The van der Waals surface area contributed by atoms with Gasteiger partial charge in [-0.3, -0.25) is 9.78 Å². The van der Waals surface area contributed by atoms with E-state index in [2.05, 4.69) is 25.5 Å². The fourth-order valence-electron chi connectivity index (χ4n) is 4.62. The molecule has 0 unspecified atom stereocenters. The van der Waals surface area contributed by atoms with Gasteiger partial charge in [0.1, 0.15) is 12.0 Å². The van der Waals surface area contributed by atoms with Crippen molar-refractivity contribution in [3.05, 3.63) is 108 Å². The molecule has 5 aromatic rings. The number of fused-ring (bicyclic) bond motifs is 1. The topological polar surface area (TPSA) is 124 Å². The van der Waals surface area contributed by atoms with Crippen LogP contribution >= 0.6 is 11.8 Å². The lowest BCUT2D eigenvalue weighted by molar-refractivity contribution is -0.245. The molecule has 3 atom stereocenters. The molecule has 1 fully saturated rings. The van der Waals surface area contributed by atoms with E-state index in [1.807, 2.05) is 84.4 Å². The van der Waals surface area contributed by atoms with Gasteiger partial charge < -0.3 is 24.5 Å². The van der Waals surface area contributed by atoms with Crippen molar-refractivity contribution in [2.75, 3.05) is 11.1 Å². The molecule has 2 N–H and O–H groups in total. The Labute approximate surface area is 240 Å². The summed E-state index contributed by atoms with van der Waals surface area (Å²) in [7, 11) is 1.91. The summed E-state index contributed by atoms with van der Waals surface area (Å²) in [6, 6.07) is 22.6. The maximum Gasteiger partial charge on any atom is 0.275 e. The van der Waals surface area contributed by atoms with Gasteiger partial charge in [0.2, 0.25) is 0 Å². The van der Waals surface area contributed by atoms with Crippen molar-refractivity contribution >= 4 is 34.4 Å². The van der Waals surface area contributed by atoms with E-state index in [1.165, 1.54) is 6.20 Å². The zero-order valence-electron chi connectivity index (χ0n) is 22.3. The highest BCUT2D eigenvalue weighted by atomic mass is 32.2. The SMILES string of the molecule is Cn1cnnc1SC[C@@H]1C[C@H](c2ccc(CO)cc2)O[C@H](c2cccc(NC(=O)c3cnc4ccccc4n3)c2)O1. The minimum absolute atomic E-state index is 0.0161. The lowest BCUT2D eigenvalue weighted by Gasteiger charge is -2.36. The lowest BCUT2D eigenvalue weighted by atomic mass is 10.0. The summed E-state index contributed by atoms with van der Waals surface area (Å²) in [5.74, 6) is 0.306. The first-order chi connectivity index (χ1) is 20.1. The highest BCUT2D eigenvalue weighted by molar-refractivity contribution is 7.99. The molecule has 1 aliphatic rings. The maximum absolute atomic E-state index is 13.0. The predicted octanol–water partition coefficient (Wildman–Crippen LogP) is 4.84. The molecule has 6 rings (SSSR count). The van der Waals surface area contributed by atoms with Crippen molar-refractivity contribution in [3.63, 3.8) is 0 Å². The maximum atomic E-state index is 13.0. The second kappa shape index (κ2) is 12.1. The van der Waals surface area contributed by atoms with Gasteiger partial charge >= 0.3 is 0 Å². The van der Waals surface area contributed by atoms with Crippen LogP contribution in [0.2, 0.25) is 0 Å². The smallest absolute Gasteiger partial charge is 0.275 e. The van der Waals surface area contributed by atoms with E-state index in [4.69, 9.17) is 9.47 Å². The number of rotatable bonds is 8. The number of nitrogens with zero attached hydrogens (tertiary/aromatic N) is 5. The van der Waals surface area contributed by atoms with Crippen LogP contribution in [0.5, 0.6) is 0 Å². The zero-order chi connectivity index (χ0) is 28.2. The average molecular weight is 569 g/mol. The molecule has 10 nitrogen and oxygen atoms in total. The Morgan fingerprint density at radius 1 is 1.05 bits per heavy atom. The van der Waals surface area contributed by atoms with Crippen LogP contribution in [0.4, 0.5) is 5.69 Å². The first-order valence-corrected chi connectivity index (χ1v) is 14.1. The van der Waals surface area contributed by atoms with Crippen molar-refractivity contribution in [1.29, 1.82) is 0 Å². The molecule has 3 aromatic carbocycles. The Balaban J connectivity index is 1.21. The number of aliphatic hydroxyl groups is 1. The summed E-state index contributed by atoms with van der Waals surface area (Å²) in [6.07, 6.45) is 2.78. The van der Waals surface area contributed by atoms with Crippen molar-refractivity contribution in [2.45, 2.75) is 36.7 Å². The third kappa shape index (κ3) is 6.28. The van der Waals surface area contributed by atoms with Crippen molar-refractivity contribution in [3.8, 4) is 0 Å². The number of para-hydroxylation sites is 2. The molecule has 1 saturated heterocycles. The number of anilines is 1. The molecule has 0 bridgehead atoms. The monoisotopic (exact) mass is 568 g/mol. The number of thioether (sulfide) groups is 1. The molecule has 41 heavy (non-hydrogen) atoms. The minimum Gasteiger partial charge on any atom is -0.392 e. The molecular formula is C30H28N6O4S. The highest BCUT2D eigenvalue weighted by Gasteiger charge is 2.32. The molecule has 0 radical (unpaired) electrons. The lowest BCUT2D eigenvalue weighted by Crippen LogP contribution is -2.31. The number of nitrogens with one attached hydrogen (secondary N) is 1. The molecule has 1 amide bonds. The number of ether oxygens (including phenoxy) is 2. The number of hydrogen-bond acceptors (Lipinski definition) is 9. The first-order valence-electron chi connectivity index (χ1n) is 13.2. The van der Waals surface area contributed by atoms with Gasteiger partial charge in [-0.05, 0) is 35.4 Å². The van der Waals surface area contributed by atoms with E-state index >= 15 is 0 Å². The van der Waals surface area contributed by atoms with Gasteiger partial charge in [0, 0.05) is 30.5 Å². The Morgan fingerprint density at radius 2 is 1.88 bits per heavy atom. The van der Waals surface area contributed by atoms with Crippen LogP contribution in [-0.2, 0) is 23.1 Å². The summed E-state index contributed by atoms with van der Waals surface area (Å²) in [5, 5.41) is 21.3. The fraction of sp³-hybridized carbons (Fsp3) is 0.233. The minimum atomic E-state index is -0.659. The number of carbonyl (C=O) groups excluding carboxylic acids is 1. The van der Waals surface area contributed by atoms with Crippen LogP contribution in [-0.4, -0.2) is 47.6 Å². The predicted molar refractivity (Wildman–Crippen MR) is 154 cm³/mol. The van der Waals surface area contributed by atoms with E-state index in [1.54, 1.807) is 18.1 Å². The molecule has 208 valence electrons. The quantitative estimate of drug-likeness (QED) is 0.253. The first kappa shape index (κ1) is 27.0. The van der Waals surface area contributed by atoms with E-state index in [0.29, 0.717) is 23.4 Å². The number of hydrogen-bond donors (Lipinski definition) is 2. The van der Waals surface area contributed by atoms with Crippen LogP contribution in [0, 0.1) is 0 Å². The Bertz CT molecular complexity index is 1660. The summed E-state index contributed by atoms with van der Waals surface area (Å²) in [4.78, 5) is 21.8. The number of aryl methyl sites for hydroxylation is 1. The van der Waals surface area contributed by atoms with Gasteiger partial charge in [0.25, 0.3) is 5.91 Å². The van der Waals surface area contributed by atoms with E-state index in [9.17, 15) is 9.90 Å². The Morgan fingerprint density at radius 3 is 2.66 bits per heavy atom. The van der Waals surface area contributed by atoms with Gasteiger partial charge in [-0.25, -0.2) is 4.98 Å². The van der Waals surface area contributed by atoms with Crippen LogP contribution in [0.15, 0.2) is 90.5 Å². The number of aromatic nitrogens is 5. The van der Waals surface area contributed by atoms with Crippen LogP contribution in [0.1, 0.15) is 46.0 Å². The van der Waals surface area contributed by atoms with Crippen LogP contribution in [0.25, 0.3) is 11.0 Å². The zero-order valence-corrected chi connectivity index (χ0v) is 23.1. The average Bonchev–Trinajstić information content (AvgIpc) is 3.44. The molecular weight excluding hydrogens is 540 g/mol. The summed E-state index contributed by atoms with van der Waals surface area (Å²) >= 11 is 1.58. The normalized spacial score (nSPS) is 18.8. The molecule has 1 aliphatic heterocycles. The van der Waals surface area contributed by atoms with Crippen LogP contribution in [0.3, 0.4) is 0 Å². The third-order valence-corrected chi connectivity index (χ3v) is 7.95. The van der Waals surface area contributed by atoms with Crippen molar-refractivity contribution in [2.24, 2.45) is 7.05 Å². The summed E-state index contributed by atoms with van der Waals surface area (Å²) < 4.78 is 14.8. The Kier molecular flexibility index (Phi) is 8.01. The van der Waals surface area contributed by atoms with Crippen LogP contribution < -0.4 is 5.32 Å². The highest BCUT2D eigenvalue weighted by Crippen LogP contribution is 2.39. The van der Waals surface area contributed by atoms with Crippen molar-refractivity contribution in [1.82, 2.24) is 24.7 Å². The number of carbonyl (C=O) groups is 1. The molecule has 0 aliphatic carbocycles. The number of aliphatic hydroxyl groups excluding tert-OH is 1. The van der Waals surface area contributed by atoms with Gasteiger partial charge in [-0.15, -0.1) is 10.2 Å². The van der Waals surface area contributed by atoms with Gasteiger partial charge in [0.05, 0.1) is 36.0 Å². The fourth-order valence-corrected chi connectivity index (χ4v) is 5.52. The van der Waals surface area contributed by atoms with E-state index in [0.717, 1.165) is 27.4 Å². The summed E-state index contributed by atoms with van der Waals surface area (Å²) in [6.45, 7) is -0.0161. The van der Waals surface area contributed by atoms with Crippen molar-refractivity contribution < 1.29 is 19.4 Å². The molecule has 11 heteroatoms. The molecule has 0 spiro atoms. The van der Waals surface area contributed by atoms with Gasteiger partial charge in [-0.2, -0.15) is 0 Å². The second-order valence-electron chi connectivity index (χ2n) is 9.71. The number of benzene rings is 3. The molecule has 2 aromatic heterocycles. The van der Waals surface area contributed by atoms with Gasteiger partial charge in [-0.1, -0.05) is 60.3 Å².